The predicted molar refractivity (Wildman–Crippen MR) is 84.2 cm³/mol. The minimum Gasteiger partial charge on any atom is -0.425 e. The molecule has 0 saturated carbocycles. The summed E-state index contributed by atoms with van der Waals surface area (Å²) in [5.41, 5.74) is 0.411. The molecule has 2 saturated heterocycles. The van der Waals surface area contributed by atoms with Crippen LogP contribution in [0.1, 0.15) is 30.3 Å². The molecule has 0 N–H and O–H groups in total. The Balaban J connectivity index is 1.55. The zero-order valence-electron chi connectivity index (χ0n) is 13.6. The molecule has 7 heteroatoms. The highest BCUT2D eigenvalue weighted by Gasteiger charge is 2.53. The summed E-state index contributed by atoms with van der Waals surface area (Å²) in [6.45, 7) is 3.69. The van der Waals surface area contributed by atoms with Crippen molar-refractivity contribution in [3.63, 3.8) is 0 Å². The monoisotopic (exact) mass is 328 g/mol. The highest BCUT2D eigenvalue weighted by molar-refractivity contribution is 5.78. The molecule has 7 nitrogen and oxygen atoms in total. The van der Waals surface area contributed by atoms with E-state index in [1.54, 1.807) is 13.1 Å². The van der Waals surface area contributed by atoms with Gasteiger partial charge in [-0.05, 0) is 25.0 Å². The first-order chi connectivity index (χ1) is 11.7. The van der Waals surface area contributed by atoms with E-state index in [9.17, 15) is 4.79 Å². The molecule has 0 aliphatic carbocycles. The lowest BCUT2D eigenvalue weighted by Gasteiger charge is -2.41. The van der Waals surface area contributed by atoms with E-state index >= 15 is 0 Å². The molecule has 4 rings (SSSR count). The fraction of sp³-hybridized carbons (Fsp3) is 0.529. The molecule has 0 bridgehead atoms. The third-order valence-electron chi connectivity index (χ3n) is 4.98. The average molecular weight is 328 g/mol. The molecule has 2 aliphatic heterocycles. The molecule has 0 radical (unpaired) electrons. The number of nitrogens with zero attached hydrogens (tertiary/aromatic N) is 4. The second kappa shape index (κ2) is 5.98. The van der Waals surface area contributed by atoms with Gasteiger partial charge in [0.15, 0.2) is 0 Å². The molecule has 126 valence electrons. The van der Waals surface area contributed by atoms with Crippen molar-refractivity contribution in [1.82, 2.24) is 20.1 Å². The minimum atomic E-state index is -0.376. The third kappa shape index (κ3) is 2.58. The Morgan fingerprint density at radius 3 is 3.08 bits per heavy atom. The van der Waals surface area contributed by atoms with E-state index in [4.69, 9.17) is 9.15 Å². The largest absolute Gasteiger partial charge is 0.425 e. The number of likely N-dealkylation sites (tertiary alicyclic amines) is 1. The van der Waals surface area contributed by atoms with E-state index in [-0.39, 0.29) is 17.4 Å². The van der Waals surface area contributed by atoms with E-state index in [0.29, 0.717) is 37.9 Å². The molecule has 0 spiro atoms. The fourth-order valence-corrected chi connectivity index (χ4v) is 3.73. The minimum absolute atomic E-state index is 0.0382. The summed E-state index contributed by atoms with van der Waals surface area (Å²) in [7, 11) is 0. The Hall–Kier alpha value is -2.28. The maximum Gasteiger partial charge on any atom is 0.228 e. The number of carbonyl (C=O) groups excluding carboxylic acids is 1. The number of hydrogen-bond donors (Lipinski definition) is 0. The highest BCUT2D eigenvalue weighted by atomic mass is 16.5. The van der Waals surface area contributed by atoms with Gasteiger partial charge in [-0.2, -0.15) is 0 Å². The van der Waals surface area contributed by atoms with Gasteiger partial charge in [0, 0.05) is 38.5 Å². The zero-order valence-corrected chi connectivity index (χ0v) is 13.6. The van der Waals surface area contributed by atoms with E-state index < -0.39 is 0 Å². The van der Waals surface area contributed by atoms with Crippen LogP contribution in [0.25, 0.3) is 0 Å². The van der Waals surface area contributed by atoms with Crippen LogP contribution in [0.4, 0.5) is 0 Å². The Kier molecular flexibility index (Phi) is 3.80. The Morgan fingerprint density at radius 2 is 2.33 bits per heavy atom. The molecule has 24 heavy (non-hydrogen) atoms. The second-order valence-electron chi connectivity index (χ2n) is 6.49. The maximum atomic E-state index is 12.7. The molecule has 1 amide bonds. The number of fused-ring (bicyclic) bond motifs is 1. The Morgan fingerprint density at radius 1 is 1.42 bits per heavy atom. The van der Waals surface area contributed by atoms with Crippen LogP contribution in [0.2, 0.25) is 0 Å². The molecular weight excluding hydrogens is 308 g/mol. The van der Waals surface area contributed by atoms with Crippen LogP contribution < -0.4 is 0 Å². The summed E-state index contributed by atoms with van der Waals surface area (Å²) in [6.07, 6.45) is 3.65. The van der Waals surface area contributed by atoms with Gasteiger partial charge < -0.3 is 14.1 Å². The lowest BCUT2D eigenvalue weighted by molar-refractivity contribution is -0.134. The number of aromatic nitrogens is 3. The van der Waals surface area contributed by atoms with Crippen LogP contribution in [0.3, 0.4) is 0 Å². The molecule has 0 unspecified atom stereocenters. The highest BCUT2D eigenvalue weighted by Crippen LogP contribution is 2.42. The van der Waals surface area contributed by atoms with Crippen LogP contribution in [-0.2, 0) is 21.4 Å². The van der Waals surface area contributed by atoms with Crippen molar-refractivity contribution in [1.29, 1.82) is 0 Å². The lowest BCUT2D eigenvalue weighted by atomic mass is 9.76. The standard InChI is InChI=1S/C17H20N4O3/c1-12-19-20-16(24-12)17-6-9-23-14(17)5-8-21(11-17)15(22)10-13-4-2-3-7-18-13/h2-4,7,14H,5-6,8-11H2,1H3/t14-,17-/m1/s1. The summed E-state index contributed by atoms with van der Waals surface area (Å²) < 4.78 is 11.6. The van der Waals surface area contributed by atoms with E-state index in [1.807, 2.05) is 23.1 Å². The quantitative estimate of drug-likeness (QED) is 0.844. The molecule has 2 aliphatic rings. The smallest absolute Gasteiger partial charge is 0.228 e. The van der Waals surface area contributed by atoms with Crippen LogP contribution in [0, 0.1) is 6.92 Å². The number of ether oxygens (including phenoxy) is 1. The SMILES string of the molecule is Cc1nnc([C@@]23CCO[C@@H]2CCN(C(=O)Cc2ccccn2)C3)o1. The Labute approximate surface area is 140 Å². The van der Waals surface area contributed by atoms with E-state index in [2.05, 4.69) is 15.2 Å². The van der Waals surface area contributed by atoms with Gasteiger partial charge in [0.2, 0.25) is 17.7 Å². The number of amides is 1. The topological polar surface area (TPSA) is 81.4 Å². The van der Waals surface area contributed by atoms with Crippen molar-refractivity contribution in [3.8, 4) is 0 Å². The molecule has 0 aromatic carbocycles. The molecule has 2 fully saturated rings. The van der Waals surface area contributed by atoms with E-state index in [1.165, 1.54) is 0 Å². The number of rotatable bonds is 3. The van der Waals surface area contributed by atoms with Gasteiger partial charge in [-0.25, -0.2) is 0 Å². The second-order valence-corrected chi connectivity index (χ2v) is 6.49. The van der Waals surface area contributed by atoms with Gasteiger partial charge in [-0.3, -0.25) is 9.78 Å². The van der Waals surface area contributed by atoms with Crippen LogP contribution >= 0.6 is 0 Å². The number of piperidine rings is 1. The lowest BCUT2D eigenvalue weighted by Crippen LogP contribution is -2.54. The summed E-state index contributed by atoms with van der Waals surface area (Å²) in [4.78, 5) is 18.8. The van der Waals surface area contributed by atoms with Gasteiger partial charge >= 0.3 is 0 Å². The first kappa shape index (κ1) is 15.3. The van der Waals surface area contributed by atoms with Crippen molar-refractivity contribution in [2.24, 2.45) is 0 Å². The number of pyridine rings is 1. The van der Waals surface area contributed by atoms with Crippen molar-refractivity contribution >= 4 is 5.91 Å². The van der Waals surface area contributed by atoms with Gasteiger partial charge in [0.25, 0.3) is 0 Å². The number of hydrogen-bond acceptors (Lipinski definition) is 6. The van der Waals surface area contributed by atoms with Crippen LogP contribution in [-0.4, -0.2) is 51.8 Å². The average Bonchev–Trinajstić information content (AvgIpc) is 3.22. The summed E-state index contributed by atoms with van der Waals surface area (Å²) >= 11 is 0. The Bertz CT molecular complexity index is 732. The number of aryl methyl sites for hydroxylation is 1. The first-order valence-corrected chi connectivity index (χ1v) is 8.27. The molecular formula is C17H20N4O3. The van der Waals surface area contributed by atoms with Crippen LogP contribution in [0.15, 0.2) is 28.8 Å². The fourth-order valence-electron chi connectivity index (χ4n) is 3.73. The van der Waals surface area contributed by atoms with Gasteiger partial charge in [-0.15, -0.1) is 10.2 Å². The predicted octanol–water partition coefficient (Wildman–Crippen LogP) is 1.27. The van der Waals surface area contributed by atoms with Crippen LogP contribution in [0.5, 0.6) is 0 Å². The third-order valence-corrected chi connectivity index (χ3v) is 4.98. The van der Waals surface area contributed by atoms with E-state index in [0.717, 1.165) is 18.5 Å². The summed E-state index contributed by atoms with van der Waals surface area (Å²) in [5, 5.41) is 8.20. The first-order valence-electron chi connectivity index (χ1n) is 8.27. The van der Waals surface area contributed by atoms with Crippen molar-refractivity contribution < 1.29 is 13.9 Å². The zero-order chi connectivity index (χ0) is 16.6. The maximum absolute atomic E-state index is 12.7. The molecule has 2 atom stereocenters. The molecule has 2 aromatic heterocycles. The summed E-state index contributed by atoms with van der Waals surface area (Å²) in [6, 6.07) is 5.62. The molecule has 2 aromatic rings. The van der Waals surface area contributed by atoms with Crippen molar-refractivity contribution in [3.05, 3.63) is 41.9 Å². The normalized spacial score (nSPS) is 26.4. The van der Waals surface area contributed by atoms with Crippen molar-refractivity contribution in [2.45, 2.75) is 37.7 Å². The van der Waals surface area contributed by atoms with Crippen molar-refractivity contribution in [2.75, 3.05) is 19.7 Å². The van der Waals surface area contributed by atoms with Gasteiger partial charge in [-0.1, -0.05) is 6.07 Å². The molecule has 4 heterocycles. The summed E-state index contributed by atoms with van der Waals surface area (Å²) in [5.74, 6) is 1.22. The van der Waals surface area contributed by atoms with Gasteiger partial charge in [0.1, 0.15) is 0 Å². The number of carbonyl (C=O) groups is 1. The van der Waals surface area contributed by atoms with Gasteiger partial charge in [0.05, 0.1) is 17.9 Å².